The first-order valence-corrected chi connectivity index (χ1v) is 11.2. The number of ether oxygens (including phenoxy) is 1. The van der Waals surface area contributed by atoms with Crippen LogP contribution in [0.5, 0.6) is 0 Å². The number of amides is 1. The molecule has 0 aliphatic heterocycles. The van der Waals surface area contributed by atoms with Crippen molar-refractivity contribution in [1.82, 2.24) is 4.90 Å². The van der Waals surface area contributed by atoms with Gasteiger partial charge in [-0.05, 0) is 45.8 Å². The second-order valence-electron chi connectivity index (χ2n) is 8.90. The van der Waals surface area contributed by atoms with Crippen molar-refractivity contribution in [3.63, 3.8) is 0 Å². The number of nitrogens with zero attached hydrogens (tertiary/aromatic N) is 1. The molecular formula is C17H35NO5Si. The molecule has 0 unspecified atom stereocenters. The summed E-state index contributed by atoms with van der Waals surface area (Å²) in [6.45, 7) is 17.6. The van der Waals surface area contributed by atoms with Crippen LogP contribution in [0.25, 0.3) is 0 Å². The zero-order valence-electron chi connectivity index (χ0n) is 16.9. The highest BCUT2D eigenvalue weighted by atomic mass is 28.4. The third-order valence-corrected chi connectivity index (χ3v) is 8.86. The molecule has 1 N–H and O–H groups in total. The van der Waals surface area contributed by atoms with Gasteiger partial charge in [0.1, 0.15) is 5.60 Å². The Balaban J connectivity index is 5.24. The van der Waals surface area contributed by atoms with Gasteiger partial charge < -0.3 is 19.2 Å². The summed E-state index contributed by atoms with van der Waals surface area (Å²) in [6, 6.07) is 0. The molecule has 2 atom stereocenters. The van der Waals surface area contributed by atoms with E-state index in [2.05, 4.69) is 33.9 Å². The van der Waals surface area contributed by atoms with E-state index in [1.54, 1.807) is 34.7 Å². The van der Waals surface area contributed by atoms with Gasteiger partial charge in [0, 0.05) is 13.6 Å². The van der Waals surface area contributed by atoms with Crippen LogP contribution in [0.3, 0.4) is 0 Å². The molecular weight excluding hydrogens is 326 g/mol. The van der Waals surface area contributed by atoms with Gasteiger partial charge in [0.15, 0.2) is 8.32 Å². The number of carboxylic acid groups (broad SMARTS) is 1. The molecule has 0 bridgehead atoms. The van der Waals surface area contributed by atoms with E-state index in [9.17, 15) is 14.7 Å². The highest BCUT2D eigenvalue weighted by Crippen LogP contribution is 2.38. The molecule has 7 heteroatoms. The van der Waals surface area contributed by atoms with Gasteiger partial charge in [-0.3, -0.25) is 4.79 Å². The lowest BCUT2D eigenvalue weighted by Gasteiger charge is -2.41. The number of carbonyl (C=O) groups excluding carboxylic acids is 1. The number of carbonyl (C=O) groups is 2. The fourth-order valence-corrected chi connectivity index (χ4v) is 3.09. The van der Waals surface area contributed by atoms with Crippen LogP contribution in [0.1, 0.15) is 48.5 Å². The minimum Gasteiger partial charge on any atom is -0.481 e. The van der Waals surface area contributed by atoms with E-state index in [0.29, 0.717) is 0 Å². The Labute approximate surface area is 147 Å². The van der Waals surface area contributed by atoms with Gasteiger partial charge in [-0.1, -0.05) is 20.8 Å². The summed E-state index contributed by atoms with van der Waals surface area (Å²) in [6.07, 6.45) is -1.06. The van der Waals surface area contributed by atoms with E-state index in [0.717, 1.165) is 0 Å². The van der Waals surface area contributed by atoms with E-state index in [4.69, 9.17) is 9.16 Å². The Hall–Kier alpha value is -1.08. The van der Waals surface area contributed by atoms with E-state index in [-0.39, 0.29) is 11.6 Å². The van der Waals surface area contributed by atoms with Gasteiger partial charge in [0.05, 0.1) is 12.0 Å². The lowest BCUT2D eigenvalue weighted by molar-refractivity contribution is -0.144. The SMILES string of the molecule is C[C@@H](C(=O)O)[C@@H](CN(C)C(=O)OC(C)(C)C)O[Si](C)(C)C(C)(C)C. The topological polar surface area (TPSA) is 76.1 Å². The largest absolute Gasteiger partial charge is 0.481 e. The zero-order valence-corrected chi connectivity index (χ0v) is 17.9. The van der Waals surface area contributed by atoms with Gasteiger partial charge in [-0.2, -0.15) is 0 Å². The van der Waals surface area contributed by atoms with Crippen LogP contribution in [-0.4, -0.2) is 55.7 Å². The van der Waals surface area contributed by atoms with Crippen LogP contribution in [0.4, 0.5) is 4.79 Å². The van der Waals surface area contributed by atoms with Crippen LogP contribution >= 0.6 is 0 Å². The smallest absolute Gasteiger partial charge is 0.410 e. The Kier molecular flexibility index (Phi) is 7.51. The minimum atomic E-state index is -2.17. The van der Waals surface area contributed by atoms with Crippen molar-refractivity contribution >= 4 is 20.4 Å². The average Bonchev–Trinajstić information content (AvgIpc) is 2.32. The number of carboxylic acids is 1. The predicted octanol–water partition coefficient (Wildman–Crippen LogP) is 3.96. The molecule has 0 aromatic rings. The Morgan fingerprint density at radius 2 is 1.58 bits per heavy atom. The first kappa shape index (κ1) is 22.9. The Morgan fingerprint density at radius 3 is 1.92 bits per heavy atom. The lowest BCUT2D eigenvalue weighted by atomic mass is 10.1. The quantitative estimate of drug-likeness (QED) is 0.725. The maximum atomic E-state index is 12.2. The van der Waals surface area contributed by atoms with E-state index >= 15 is 0 Å². The average molecular weight is 362 g/mol. The summed E-state index contributed by atoms with van der Waals surface area (Å²) < 4.78 is 11.6. The number of hydrogen-bond donors (Lipinski definition) is 1. The van der Waals surface area contributed by atoms with Crippen molar-refractivity contribution < 1.29 is 23.9 Å². The first-order chi connectivity index (χ1) is 10.5. The summed E-state index contributed by atoms with van der Waals surface area (Å²) in [5.41, 5.74) is -0.598. The number of hydrogen-bond acceptors (Lipinski definition) is 4. The molecule has 0 fully saturated rings. The van der Waals surface area contributed by atoms with Crippen LogP contribution in [0.15, 0.2) is 0 Å². The van der Waals surface area contributed by atoms with Crippen molar-refractivity contribution in [2.75, 3.05) is 13.6 Å². The highest BCUT2D eigenvalue weighted by molar-refractivity contribution is 6.74. The summed E-state index contributed by atoms with van der Waals surface area (Å²) in [5.74, 6) is -1.65. The van der Waals surface area contributed by atoms with Crippen molar-refractivity contribution in [3.8, 4) is 0 Å². The van der Waals surface area contributed by atoms with Gasteiger partial charge in [-0.15, -0.1) is 0 Å². The maximum Gasteiger partial charge on any atom is 0.410 e. The molecule has 0 aromatic heterocycles. The number of aliphatic carboxylic acids is 1. The predicted molar refractivity (Wildman–Crippen MR) is 97.7 cm³/mol. The molecule has 0 saturated heterocycles. The van der Waals surface area contributed by atoms with Crippen LogP contribution in [0, 0.1) is 5.92 Å². The molecule has 0 heterocycles. The molecule has 0 aliphatic rings. The molecule has 24 heavy (non-hydrogen) atoms. The summed E-state index contributed by atoms with van der Waals surface area (Å²) in [4.78, 5) is 25.0. The van der Waals surface area contributed by atoms with Crippen LogP contribution in [0.2, 0.25) is 18.1 Å². The van der Waals surface area contributed by atoms with E-state index < -0.39 is 38.0 Å². The molecule has 142 valence electrons. The fraction of sp³-hybridized carbons (Fsp3) is 0.882. The van der Waals surface area contributed by atoms with Crippen LogP contribution < -0.4 is 0 Å². The first-order valence-electron chi connectivity index (χ1n) is 8.32. The zero-order chi connectivity index (χ0) is 19.5. The van der Waals surface area contributed by atoms with Gasteiger partial charge in [0.25, 0.3) is 0 Å². The van der Waals surface area contributed by atoms with Gasteiger partial charge in [0.2, 0.25) is 0 Å². The standard InChI is InChI=1S/C17H35NO5Si/c1-12(14(19)20)13(23-24(9,10)17(5,6)7)11-18(8)15(21)22-16(2,3)4/h12-13H,11H2,1-10H3,(H,19,20)/t12-,13-/m1/s1. The Morgan fingerprint density at radius 1 is 1.12 bits per heavy atom. The molecule has 1 amide bonds. The molecule has 0 rings (SSSR count). The third-order valence-electron chi connectivity index (χ3n) is 4.36. The molecule has 0 radical (unpaired) electrons. The monoisotopic (exact) mass is 361 g/mol. The van der Waals surface area contributed by atoms with E-state index in [1.165, 1.54) is 4.90 Å². The van der Waals surface area contributed by atoms with Crippen molar-refractivity contribution in [1.29, 1.82) is 0 Å². The minimum absolute atomic E-state index is 0.0477. The highest BCUT2D eigenvalue weighted by Gasteiger charge is 2.42. The summed E-state index contributed by atoms with van der Waals surface area (Å²) in [5, 5.41) is 9.34. The Bertz CT molecular complexity index is 451. The normalized spacial score (nSPS) is 15.6. The molecule has 0 saturated carbocycles. The molecule has 0 spiro atoms. The molecule has 6 nitrogen and oxygen atoms in total. The summed E-state index contributed by atoms with van der Waals surface area (Å²) >= 11 is 0. The lowest BCUT2D eigenvalue weighted by Crippen LogP contribution is -2.50. The number of rotatable bonds is 6. The second kappa shape index (κ2) is 7.87. The molecule has 0 aromatic carbocycles. The van der Waals surface area contributed by atoms with Crippen LogP contribution in [-0.2, 0) is 14.0 Å². The number of likely N-dealkylation sites (N-methyl/N-ethyl adjacent to an activating group) is 1. The van der Waals surface area contributed by atoms with E-state index in [1.807, 2.05) is 0 Å². The fourth-order valence-electron chi connectivity index (χ4n) is 1.70. The van der Waals surface area contributed by atoms with Crippen molar-refractivity contribution in [3.05, 3.63) is 0 Å². The maximum absolute atomic E-state index is 12.2. The van der Waals surface area contributed by atoms with Crippen molar-refractivity contribution in [2.24, 2.45) is 5.92 Å². The van der Waals surface area contributed by atoms with Crippen molar-refractivity contribution in [2.45, 2.75) is 78.3 Å². The van der Waals surface area contributed by atoms with Gasteiger partial charge in [-0.25, -0.2) is 4.79 Å². The molecule has 0 aliphatic carbocycles. The second-order valence-corrected chi connectivity index (χ2v) is 13.7. The summed E-state index contributed by atoms with van der Waals surface area (Å²) in [7, 11) is -0.565. The van der Waals surface area contributed by atoms with Gasteiger partial charge >= 0.3 is 12.1 Å². The third kappa shape index (κ3) is 7.21.